The third-order valence-electron chi connectivity index (χ3n) is 7.27. The molecule has 4 atom stereocenters. The molecule has 2 aromatic rings. The predicted octanol–water partition coefficient (Wildman–Crippen LogP) is 5.02. The molecule has 0 amide bonds. The van der Waals surface area contributed by atoms with Crippen molar-refractivity contribution >= 4 is 23.4 Å². The Morgan fingerprint density at radius 2 is 1.62 bits per heavy atom. The molecule has 1 fully saturated rings. The topological polar surface area (TPSA) is 100 Å². The molecule has 0 radical (unpaired) electrons. The van der Waals surface area contributed by atoms with Crippen molar-refractivity contribution < 1.29 is 33.3 Å². The van der Waals surface area contributed by atoms with Gasteiger partial charge in [0.05, 0.1) is 38.4 Å². The first-order valence-corrected chi connectivity index (χ1v) is 13.4. The van der Waals surface area contributed by atoms with E-state index in [0.29, 0.717) is 41.5 Å². The molecule has 0 bridgehead atoms. The molecule has 206 valence electrons. The average Bonchev–Trinajstić information content (AvgIpc) is 2.93. The molecule has 8 nitrogen and oxygen atoms in total. The summed E-state index contributed by atoms with van der Waals surface area (Å²) in [5, 5.41) is 0. The standard InChI is InChI=1S/C31H35NO7/c1-6-37-20-15-13-19(14-16-20)26-25(30(34)38-7-2)18(4)32-23-17-22(21-11-9-10-12-24(21)36-5)27(29(33)28(23)26)31(35)39-8-3/h9-16,22,26-28H,6-8,17H2,1-5H3/t22-,26-,27-,28?/m0/s1. The number of allylic oxidation sites excluding steroid dienone is 1. The molecule has 39 heavy (non-hydrogen) atoms. The Bertz CT molecular complexity index is 1290. The monoisotopic (exact) mass is 533 g/mol. The molecule has 2 aliphatic rings. The molecule has 0 saturated heterocycles. The zero-order valence-electron chi connectivity index (χ0n) is 23.1. The Kier molecular flexibility index (Phi) is 8.84. The SMILES string of the molecule is CCOC(=O)C1=C(C)N=C2C[C@@H](c3ccccc3OC)[C@H](C(=O)OCC)C(=O)C2[C@H]1c1ccc(OCC)cc1. The fraction of sp³-hybridized carbons (Fsp3) is 0.419. The first kappa shape index (κ1) is 28.1. The van der Waals surface area contributed by atoms with Gasteiger partial charge in [0.25, 0.3) is 0 Å². The number of Topliss-reactive ketones (excluding diaryl/α,β-unsaturated/α-hetero) is 1. The predicted molar refractivity (Wildman–Crippen MR) is 146 cm³/mol. The summed E-state index contributed by atoms with van der Waals surface area (Å²) < 4.78 is 22.0. The second-order valence-electron chi connectivity index (χ2n) is 9.46. The molecule has 0 spiro atoms. The lowest BCUT2D eigenvalue weighted by atomic mass is 9.62. The first-order valence-electron chi connectivity index (χ1n) is 13.4. The number of fused-ring (bicyclic) bond motifs is 1. The number of nitrogens with zero attached hydrogens (tertiary/aromatic N) is 1. The quantitative estimate of drug-likeness (QED) is 0.330. The minimum absolute atomic E-state index is 0.141. The Morgan fingerprint density at radius 3 is 2.26 bits per heavy atom. The van der Waals surface area contributed by atoms with Crippen molar-refractivity contribution in [1.82, 2.24) is 0 Å². The maximum Gasteiger partial charge on any atom is 0.336 e. The van der Waals surface area contributed by atoms with E-state index < -0.39 is 35.6 Å². The Labute approximate surface area is 229 Å². The molecule has 8 heteroatoms. The van der Waals surface area contributed by atoms with E-state index in [1.54, 1.807) is 27.9 Å². The van der Waals surface area contributed by atoms with E-state index in [1.165, 1.54) is 0 Å². The molecule has 0 N–H and O–H groups in total. The van der Waals surface area contributed by atoms with Gasteiger partial charge in [-0.25, -0.2) is 4.79 Å². The van der Waals surface area contributed by atoms with Crippen LogP contribution in [0.25, 0.3) is 0 Å². The van der Waals surface area contributed by atoms with Gasteiger partial charge in [-0.05, 0) is 63.4 Å². The lowest BCUT2D eigenvalue weighted by molar-refractivity contribution is -0.153. The van der Waals surface area contributed by atoms with Gasteiger partial charge >= 0.3 is 11.9 Å². The number of ether oxygens (including phenoxy) is 4. The molecule has 4 rings (SSSR count). The van der Waals surface area contributed by atoms with E-state index >= 15 is 0 Å². The molecular formula is C31H35NO7. The van der Waals surface area contributed by atoms with E-state index in [9.17, 15) is 14.4 Å². The lowest BCUT2D eigenvalue weighted by Crippen LogP contribution is -2.48. The van der Waals surface area contributed by atoms with Crippen molar-refractivity contribution in [3.63, 3.8) is 0 Å². The highest BCUT2D eigenvalue weighted by atomic mass is 16.5. The largest absolute Gasteiger partial charge is 0.496 e. The van der Waals surface area contributed by atoms with E-state index in [-0.39, 0.29) is 19.0 Å². The third kappa shape index (κ3) is 5.46. The maximum atomic E-state index is 14.4. The van der Waals surface area contributed by atoms with Crippen LogP contribution in [-0.4, -0.2) is 50.4 Å². The molecule has 1 aliphatic heterocycles. The third-order valence-corrected chi connectivity index (χ3v) is 7.27. The van der Waals surface area contributed by atoms with Crippen LogP contribution in [0.1, 0.15) is 57.1 Å². The van der Waals surface area contributed by atoms with Crippen molar-refractivity contribution in [3.05, 3.63) is 70.9 Å². The molecule has 0 aromatic heterocycles. The zero-order valence-corrected chi connectivity index (χ0v) is 23.1. The molecule has 1 saturated carbocycles. The summed E-state index contributed by atoms with van der Waals surface area (Å²) >= 11 is 0. The number of rotatable bonds is 9. The van der Waals surface area contributed by atoms with Crippen LogP contribution in [0.15, 0.2) is 64.8 Å². The summed E-state index contributed by atoms with van der Waals surface area (Å²) in [6.07, 6.45) is 0.335. The van der Waals surface area contributed by atoms with Gasteiger partial charge in [-0.15, -0.1) is 0 Å². The van der Waals surface area contributed by atoms with Crippen LogP contribution in [0.5, 0.6) is 11.5 Å². The highest BCUT2D eigenvalue weighted by Gasteiger charge is 2.53. The van der Waals surface area contributed by atoms with Gasteiger partial charge in [0, 0.05) is 23.2 Å². The summed E-state index contributed by atoms with van der Waals surface area (Å²) in [5.74, 6) is -3.29. The average molecular weight is 534 g/mol. The normalized spacial score (nSPS) is 22.5. The van der Waals surface area contributed by atoms with Crippen molar-refractivity contribution in [2.75, 3.05) is 26.9 Å². The summed E-state index contributed by atoms with van der Waals surface area (Å²) in [5.41, 5.74) is 2.93. The van der Waals surface area contributed by atoms with Gasteiger partial charge in [-0.2, -0.15) is 0 Å². The lowest BCUT2D eigenvalue weighted by Gasteiger charge is -2.41. The smallest absolute Gasteiger partial charge is 0.336 e. The van der Waals surface area contributed by atoms with E-state index in [1.807, 2.05) is 55.5 Å². The van der Waals surface area contributed by atoms with Crippen molar-refractivity contribution in [3.8, 4) is 11.5 Å². The number of carbonyl (C=O) groups excluding carboxylic acids is 3. The number of para-hydroxylation sites is 1. The minimum Gasteiger partial charge on any atom is -0.496 e. The maximum absolute atomic E-state index is 14.4. The summed E-state index contributed by atoms with van der Waals surface area (Å²) in [6.45, 7) is 7.94. The molecular weight excluding hydrogens is 498 g/mol. The summed E-state index contributed by atoms with van der Waals surface area (Å²) in [4.78, 5) is 45.8. The van der Waals surface area contributed by atoms with E-state index in [2.05, 4.69) is 0 Å². The number of aliphatic imine (C=N–C) groups is 1. The van der Waals surface area contributed by atoms with Gasteiger partial charge < -0.3 is 18.9 Å². The number of carbonyl (C=O) groups is 3. The highest BCUT2D eigenvalue weighted by molar-refractivity contribution is 6.18. The highest BCUT2D eigenvalue weighted by Crippen LogP contribution is 2.49. The molecule has 1 unspecified atom stereocenters. The Hall–Kier alpha value is -3.94. The Balaban J connectivity index is 1.88. The fourth-order valence-electron chi connectivity index (χ4n) is 5.72. The fourth-order valence-corrected chi connectivity index (χ4v) is 5.72. The number of hydrogen-bond donors (Lipinski definition) is 0. The number of benzene rings is 2. The Morgan fingerprint density at radius 1 is 0.923 bits per heavy atom. The van der Waals surface area contributed by atoms with Gasteiger partial charge in [-0.3, -0.25) is 14.6 Å². The van der Waals surface area contributed by atoms with Crippen LogP contribution in [-0.2, 0) is 23.9 Å². The van der Waals surface area contributed by atoms with Crippen molar-refractivity contribution in [2.24, 2.45) is 16.8 Å². The number of esters is 2. The molecule has 1 aliphatic carbocycles. The van der Waals surface area contributed by atoms with E-state index in [4.69, 9.17) is 23.9 Å². The summed E-state index contributed by atoms with van der Waals surface area (Å²) in [7, 11) is 1.56. The molecule has 1 heterocycles. The zero-order chi connectivity index (χ0) is 28.1. The van der Waals surface area contributed by atoms with Crippen LogP contribution in [0.3, 0.4) is 0 Å². The van der Waals surface area contributed by atoms with Gasteiger partial charge in [-0.1, -0.05) is 30.3 Å². The number of methoxy groups -OCH3 is 1. The minimum atomic E-state index is -1.09. The number of ketones is 1. The summed E-state index contributed by atoms with van der Waals surface area (Å²) in [6, 6.07) is 14.7. The van der Waals surface area contributed by atoms with Crippen LogP contribution in [0, 0.1) is 11.8 Å². The van der Waals surface area contributed by atoms with Crippen molar-refractivity contribution in [1.29, 1.82) is 0 Å². The van der Waals surface area contributed by atoms with E-state index in [0.717, 1.165) is 11.1 Å². The molecule has 2 aromatic carbocycles. The van der Waals surface area contributed by atoms with Gasteiger partial charge in [0.2, 0.25) is 0 Å². The van der Waals surface area contributed by atoms with Crippen LogP contribution in [0.4, 0.5) is 0 Å². The van der Waals surface area contributed by atoms with Crippen LogP contribution >= 0.6 is 0 Å². The van der Waals surface area contributed by atoms with Gasteiger partial charge in [0.1, 0.15) is 17.4 Å². The first-order chi connectivity index (χ1) is 18.9. The van der Waals surface area contributed by atoms with Gasteiger partial charge in [0.15, 0.2) is 5.78 Å². The number of hydrogen-bond acceptors (Lipinski definition) is 8. The second-order valence-corrected chi connectivity index (χ2v) is 9.46. The van der Waals surface area contributed by atoms with Crippen molar-refractivity contribution in [2.45, 2.75) is 46.0 Å². The van der Waals surface area contributed by atoms with Crippen LogP contribution in [0.2, 0.25) is 0 Å². The second kappa shape index (κ2) is 12.3. The van der Waals surface area contributed by atoms with Crippen LogP contribution < -0.4 is 9.47 Å².